The molecular weight excluding hydrogens is 288 g/mol. The highest BCUT2D eigenvalue weighted by Gasteiger charge is 2.10. The van der Waals surface area contributed by atoms with Gasteiger partial charge in [0, 0.05) is 6.42 Å². The molecule has 1 heterocycles. The zero-order valence-electron chi connectivity index (χ0n) is 13.6. The molecule has 0 aliphatic rings. The molecule has 0 spiro atoms. The fourth-order valence-electron chi connectivity index (χ4n) is 2.93. The van der Waals surface area contributed by atoms with Gasteiger partial charge in [0.15, 0.2) is 0 Å². The molecule has 0 radical (unpaired) electrons. The molecule has 0 fully saturated rings. The second kappa shape index (κ2) is 6.84. The van der Waals surface area contributed by atoms with E-state index in [0.717, 1.165) is 33.7 Å². The summed E-state index contributed by atoms with van der Waals surface area (Å²) in [5.74, 6) is 1.86. The summed E-state index contributed by atoms with van der Waals surface area (Å²) in [6, 6.07) is 14.2. The quantitative estimate of drug-likeness (QED) is 0.760. The van der Waals surface area contributed by atoms with Gasteiger partial charge in [-0.3, -0.25) is 0 Å². The number of aryl methyl sites for hydroxylation is 2. The van der Waals surface area contributed by atoms with Crippen molar-refractivity contribution in [1.82, 2.24) is 9.55 Å². The molecule has 0 aliphatic heterocycles. The summed E-state index contributed by atoms with van der Waals surface area (Å²) in [6.07, 6.45) is 0.554. The Kier molecular flexibility index (Phi) is 4.63. The van der Waals surface area contributed by atoms with E-state index in [2.05, 4.69) is 41.6 Å². The van der Waals surface area contributed by atoms with Crippen LogP contribution >= 0.6 is 0 Å². The van der Waals surface area contributed by atoms with Crippen LogP contribution in [0.1, 0.15) is 17.0 Å². The third-order valence-corrected chi connectivity index (χ3v) is 4.04. The minimum absolute atomic E-state index is 0.0983. The van der Waals surface area contributed by atoms with E-state index in [1.807, 2.05) is 24.3 Å². The molecule has 120 valence electrons. The molecular formula is C19H22N2O2. The predicted molar refractivity (Wildman–Crippen MR) is 91.9 cm³/mol. The first-order chi connectivity index (χ1) is 11.2. The van der Waals surface area contributed by atoms with Gasteiger partial charge in [0.05, 0.1) is 24.2 Å². The minimum Gasteiger partial charge on any atom is -0.491 e. The third-order valence-electron chi connectivity index (χ3n) is 4.04. The van der Waals surface area contributed by atoms with Crippen molar-refractivity contribution in [1.29, 1.82) is 0 Å². The summed E-state index contributed by atoms with van der Waals surface area (Å²) < 4.78 is 8.15. The van der Waals surface area contributed by atoms with Crippen LogP contribution in [0.3, 0.4) is 0 Å². The fraction of sp³-hybridized carbons (Fsp3) is 0.316. The van der Waals surface area contributed by atoms with Crippen LogP contribution in [-0.4, -0.2) is 27.9 Å². The number of rotatable bonds is 6. The molecule has 0 amide bonds. The van der Waals surface area contributed by atoms with Gasteiger partial charge in [0.1, 0.15) is 18.2 Å². The van der Waals surface area contributed by atoms with Crippen LogP contribution in [-0.2, 0) is 13.0 Å². The molecule has 0 atom stereocenters. The smallest absolute Gasteiger partial charge is 0.125 e. The van der Waals surface area contributed by atoms with Crippen LogP contribution in [0.25, 0.3) is 11.0 Å². The summed E-state index contributed by atoms with van der Waals surface area (Å²) in [4.78, 5) is 4.61. The number of fused-ring (bicyclic) bond motifs is 1. The molecule has 23 heavy (non-hydrogen) atoms. The minimum atomic E-state index is 0.0983. The van der Waals surface area contributed by atoms with Gasteiger partial charge in [-0.2, -0.15) is 0 Å². The molecule has 4 heteroatoms. The number of benzene rings is 2. The SMILES string of the molecule is Cc1cccc(C)c1OCCn1c(CCO)nc2ccccc21. The van der Waals surface area contributed by atoms with E-state index in [0.29, 0.717) is 19.6 Å². The molecule has 0 unspecified atom stereocenters. The molecule has 3 aromatic rings. The summed E-state index contributed by atoms with van der Waals surface area (Å²) in [5.41, 5.74) is 4.34. The lowest BCUT2D eigenvalue weighted by molar-refractivity contribution is 0.282. The molecule has 1 aromatic heterocycles. The van der Waals surface area contributed by atoms with E-state index in [1.165, 1.54) is 0 Å². The van der Waals surface area contributed by atoms with Crippen molar-refractivity contribution in [2.24, 2.45) is 0 Å². The summed E-state index contributed by atoms with van der Waals surface area (Å²) in [5, 5.41) is 9.26. The first-order valence-electron chi connectivity index (χ1n) is 7.94. The molecule has 0 saturated carbocycles. The third kappa shape index (κ3) is 3.22. The maximum Gasteiger partial charge on any atom is 0.125 e. The molecule has 3 rings (SSSR count). The van der Waals surface area contributed by atoms with E-state index >= 15 is 0 Å². The Bertz CT molecular complexity index is 788. The van der Waals surface area contributed by atoms with Crippen molar-refractivity contribution in [2.45, 2.75) is 26.8 Å². The number of para-hydroxylation sites is 3. The number of nitrogens with zero attached hydrogens (tertiary/aromatic N) is 2. The highest BCUT2D eigenvalue weighted by Crippen LogP contribution is 2.23. The van der Waals surface area contributed by atoms with Gasteiger partial charge in [0.25, 0.3) is 0 Å². The fourth-order valence-corrected chi connectivity index (χ4v) is 2.93. The highest BCUT2D eigenvalue weighted by molar-refractivity contribution is 5.75. The Hall–Kier alpha value is -2.33. The number of imidazole rings is 1. The van der Waals surface area contributed by atoms with Crippen LogP contribution in [0.2, 0.25) is 0 Å². The van der Waals surface area contributed by atoms with Crippen molar-refractivity contribution < 1.29 is 9.84 Å². The second-order valence-corrected chi connectivity index (χ2v) is 5.71. The van der Waals surface area contributed by atoms with Crippen LogP contribution in [0, 0.1) is 13.8 Å². The highest BCUT2D eigenvalue weighted by atomic mass is 16.5. The average molecular weight is 310 g/mol. The number of aliphatic hydroxyl groups is 1. The second-order valence-electron chi connectivity index (χ2n) is 5.71. The molecule has 1 N–H and O–H groups in total. The maximum absolute atomic E-state index is 9.26. The monoisotopic (exact) mass is 310 g/mol. The molecule has 2 aromatic carbocycles. The topological polar surface area (TPSA) is 47.3 Å². The summed E-state index contributed by atoms with van der Waals surface area (Å²) in [6.45, 7) is 5.51. The lowest BCUT2D eigenvalue weighted by Gasteiger charge is -2.13. The summed E-state index contributed by atoms with van der Waals surface area (Å²) in [7, 11) is 0. The Labute approximate surface area is 136 Å². The van der Waals surface area contributed by atoms with Crippen molar-refractivity contribution in [3.05, 3.63) is 59.4 Å². The van der Waals surface area contributed by atoms with E-state index in [-0.39, 0.29) is 6.61 Å². The molecule has 0 saturated heterocycles. The van der Waals surface area contributed by atoms with E-state index in [1.54, 1.807) is 0 Å². The zero-order valence-corrected chi connectivity index (χ0v) is 13.6. The predicted octanol–water partition coefficient (Wildman–Crippen LogP) is 3.27. The van der Waals surface area contributed by atoms with Crippen molar-refractivity contribution in [2.75, 3.05) is 13.2 Å². The largest absolute Gasteiger partial charge is 0.491 e. The van der Waals surface area contributed by atoms with Crippen LogP contribution in [0.4, 0.5) is 0 Å². The van der Waals surface area contributed by atoms with Crippen molar-refractivity contribution >= 4 is 11.0 Å². The van der Waals surface area contributed by atoms with Gasteiger partial charge < -0.3 is 14.4 Å². The molecule has 0 bridgehead atoms. The average Bonchev–Trinajstić information content (AvgIpc) is 2.88. The number of ether oxygens (including phenoxy) is 1. The first-order valence-corrected chi connectivity index (χ1v) is 7.94. The van der Waals surface area contributed by atoms with Gasteiger partial charge in [-0.1, -0.05) is 30.3 Å². The van der Waals surface area contributed by atoms with Crippen molar-refractivity contribution in [3.8, 4) is 5.75 Å². The Balaban J connectivity index is 1.80. The Morgan fingerprint density at radius 2 is 1.78 bits per heavy atom. The van der Waals surface area contributed by atoms with Crippen molar-refractivity contribution in [3.63, 3.8) is 0 Å². The first kappa shape index (κ1) is 15.6. The van der Waals surface area contributed by atoms with Gasteiger partial charge in [-0.15, -0.1) is 0 Å². The van der Waals surface area contributed by atoms with Gasteiger partial charge >= 0.3 is 0 Å². The number of aliphatic hydroxyl groups excluding tert-OH is 1. The zero-order chi connectivity index (χ0) is 16.2. The Morgan fingerprint density at radius 3 is 2.52 bits per heavy atom. The molecule has 0 aliphatic carbocycles. The lowest BCUT2D eigenvalue weighted by atomic mass is 10.1. The summed E-state index contributed by atoms with van der Waals surface area (Å²) >= 11 is 0. The van der Waals surface area contributed by atoms with E-state index in [4.69, 9.17) is 4.74 Å². The number of aromatic nitrogens is 2. The number of hydrogen-bond donors (Lipinski definition) is 1. The van der Waals surface area contributed by atoms with Gasteiger partial charge in [-0.05, 0) is 37.1 Å². The van der Waals surface area contributed by atoms with Gasteiger partial charge in [0.2, 0.25) is 0 Å². The van der Waals surface area contributed by atoms with Crippen LogP contribution in [0.5, 0.6) is 5.75 Å². The standard InChI is InChI=1S/C19H22N2O2/c1-14-6-5-7-15(2)19(14)23-13-11-21-17-9-4-3-8-16(17)20-18(21)10-12-22/h3-9,22H,10-13H2,1-2H3. The number of hydrogen-bond acceptors (Lipinski definition) is 3. The van der Waals surface area contributed by atoms with E-state index in [9.17, 15) is 5.11 Å². The molecule has 4 nitrogen and oxygen atoms in total. The van der Waals surface area contributed by atoms with Gasteiger partial charge in [-0.25, -0.2) is 4.98 Å². The normalized spacial score (nSPS) is 11.1. The maximum atomic E-state index is 9.26. The van der Waals surface area contributed by atoms with Crippen LogP contribution in [0.15, 0.2) is 42.5 Å². The Morgan fingerprint density at radius 1 is 1.04 bits per heavy atom. The van der Waals surface area contributed by atoms with Crippen LogP contribution < -0.4 is 4.74 Å². The van der Waals surface area contributed by atoms with E-state index < -0.39 is 0 Å². The lowest BCUT2D eigenvalue weighted by Crippen LogP contribution is -2.13.